The van der Waals surface area contributed by atoms with Crippen LogP contribution < -0.4 is 14.8 Å². The minimum Gasteiger partial charge on any atom is -0.493 e. The van der Waals surface area contributed by atoms with E-state index in [1.807, 2.05) is 12.1 Å². The lowest BCUT2D eigenvalue weighted by Crippen LogP contribution is -2.44. The van der Waals surface area contributed by atoms with Crippen molar-refractivity contribution in [3.05, 3.63) is 22.2 Å². The van der Waals surface area contributed by atoms with Gasteiger partial charge >= 0.3 is 0 Å². The van der Waals surface area contributed by atoms with Gasteiger partial charge in [0, 0.05) is 24.2 Å². The summed E-state index contributed by atoms with van der Waals surface area (Å²) in [5, 5.41) is 3.52. The zero-order valence-electron chi connectivity index (χ0n) is 11.5. The third-order valence-corrected chi connectivity index (χ3v) is 4.30. The molecule has 1 aromatic rings. The number of nitrogens with one attached hydrogen (secondary N) is 1. The fourth-order valence-electron chi connectivity index (χ4n) is 2.21. The van der Waals surface area contributed by atoms with Crippen LogP contribution in [0.2, 0.25) is 0 Å². The largest absolute Gasteiger partial charge is 0.493 e. The molecule has 0 atom stereocenters. The van der Waals surface area contributed by atoms with Gasteiger partial charge in [0.1, 0.15) is 0 Å². The number of halogens is 1. The van der Waals surface area contributed by atoms with Crippen molar-refractivity contribution in [2.45, 2.75) is 31.5 Å². The van der Waals surface area contributed by atoms with Crippen LogP contribution in [0.15, 0.2) is 16.6 Å². The normalized spacial score (nSPS) is 21.9. The minimum absolute atomic E-state index is 0.423. The van der Waals surface area contributed by atoms with E-state index in [1.165, 1.54) is 5.56 Å². The second-order valence-corrected chi connectivity index (χ2v) is 5.56. The van der Waals surface area contributed by atoms with E-state index in [0.717, 1.165) is 35.4 Å². The van der Waals surface area contributed by atoms with Crippen molar-refractivity contribution < 1.29 is 14.2 Å². The van der Waals surface area contributed by atoms with Crippen LogP contribution in [0.1, 0.15) is 18.4 Å². The molecule has 0 radical (unpaired) electrons. The lowest BCUT2D eigenvalue weighted by molar-refractivity contribution is 0.0170. The highest BCUT2D eigenvalue weighted by atomic mass is 79.9. The van der Waals surface area contributed by atoms with Crippen LogP contribution in [0.25, 0.3) is 0 Å². The molecule has 5 heteroatoms. The number of benzene rings is 1. The van der Waals surface area contributed by atoms with Gasteiger partial charge in [0.15, 0.2) is 11.5 Å². The summed E-state index contributed by atoms with van der Waals surface area (Å²) in [6.45, 7) is 0.808. The van der Waals surface area contributed by atoms with Crippen molar-refractivity contribution in [3.8, 4) is 11.5 Å². The second-order valence-electron chi connectivity index (χ2n) is 4.71. The maximum absolute atomic E-state index is 5.32. The Morgan fingerprint density at radius 1 is 1.16 bits per heavy atom. The van der Waals surface area contributed by atoms with E-state index in [1.54, 1.807) is 21.3 Å². The summed E-state index contributed by atoms with van der Waals surface area (Å²) in [6, 6.07) is 4.49. The van der Waals surface area contributed by atoms with Gasteiger partial charge in [0.2, 0.25) is 0 Å². The van der Waals surface area contributed by atoms with Crippen LogP contribution in [0.4, 0.5) is 0 Å². The number of hydrogen-bond donors (Lipinski definition) is 1. The Bertz CT molecular complexity index is 433. The quantitative estimate of drug-likeness (QED) is 0.871. The molecule has 0 aliphatic heterocycles. The van der Waals surface area contributed by atoms with E-state index < -0.39 is 0 Å². The van der Waals surface area contributed by atoms with Gasteiger partial charge in [-0.3, -0.25) is 0 Å². The molecule has 1 fully saturated rings. The number of hydrogen-bond acceptors (Lipinski definition) is 4. The van der Waals surface area contributed by atoms with Gasteiger partial charge < -0.3 is 19.5 Å². The fourth-order valence-corrected chi connectivity index (χ4v) is 2.67. The molecular weight excluding hydrogens is 310 g/mol. The van der Waals surface area contributed by atoms with Gasteiger partial charge in [0.25, 0.3) is 0 Å². The number of methoxy groups -OCH3 is 3. The molecule has 0 heterocycles. The first kappa shape index (κ1) is 14.6. The highest BCUT2D eigenvalue weighted by Gasteiger charge is 2.28. The molecule has 1 N–H and O–H groups in total. The third kappa shape index (κ3) is 3.41. The molecule has 2 rings (SSSR count). The van der Waals surface area contributed by atoms with Crippen molar-refractivity contribution in [2.24, 2.45) is 0 Å². The lowest BCUT2D eigenvalue weighted by atomic mass is 9.89. The summed E-state index contributed by atoms with van der Waals surface area (Å²) in [5.74, 6) is 1.49. The van der Waals surface area contributed by atoms with Crippen LogP contribution in [0.5, 0.6) is 11.5 Å². The highest BCUT2D eigenvalue weighted by molar-refractivity contribution is 9.10. The predicted molar refractivity (Wildman–Crippen MR) is 77.9 cm³/mol. The van der Waals surface area contributed by atoms with Crippen LogP contribution in [-0.4, -0.2) is 33.5 Å². The second kappa shape index (κ2) is 6.59. The Balaban J connectivity index is 1.96. The molecule has 19 heavy (non-hydrogen) atoms. The topological polar surface area (TPSA) is 39.7 Å². The van der Waals surface area contributed by atoms with Crippen molar-refractivity contribution in [1.29, 1.82) is 0 Å². The van der Waals surface area contributed by atoms with Gasteiger partial charge in [-0.2, -0.15) is 0 Å². The summed E-state index contributed by atoms with van der Waals surface area (Å²) >= 11 is 3.57. The summed E-state index contributed by atoms with van der Waals surface area (Å²) in [4.78, 5) is 0. The summed E-state index contributed by atoms with van der Waals surface area (Å²) in [6.07, 6.45) is 2.59. The Hall–Kier alpha value is -0.780. The van der Waals surface area contributed by atoms with E-state index in [-0.39, 0.29) is 0 Å². The number of ether oxygens (including phenoxy) is 3. The van der Waals surface area contributed by atoms with E-state index in [0.29, 0.717) is 12.1 Å². The van der Waals surface area contributed by atoms with Crippen molar-refractivity contribution in [1.82, 2.24) is 5.32 Å². The zero-order valence-corrected chi connectivity index (χ0v) is 13.1. The first-order chi connectivity index (χ1) is 9.17. The highest BCUT2D eigenvalue weighted by Crippen LogP contribution is 2.33. The Morgan fingerprint density at radius 2 is 1.79 bits per heavy atom. The van der Waals surface area contributed by atoms with E-state index >= 15 is 0 Å². The molecule has 4 nitrogen and oxygen atoms in total. The maximum Gasteiger partial charge on any atom is 0.161 e. The van der Waals surface area contributed by atoms with Crippen molar-refractivity contribution in [3.63, 3.8) is 0 Å². The molecule has 0 aromatic heterocycles. The molecule has 0 amide bonds. The van der Waals surface area contributed by atoms with E-state index in [2.05, 4.69) is 21.2 Å². The average Bonchev–Trinajstić information content (AvgIpc) is 2.38. The van der Waals surface area contributed by atoms with Gasteiger partial charge in [-0.05, 0) is 30.5 Å². The van der Waals surface area contributed by atoms with Crippen LogP contribution in [0.3, 0.4) is 0 Å². The standard InChI is InChI=1S/C14H20BrNO3/c1-17-11-5-10(6-11)16-8-9-4-13(18-2)14(19-3)7-12(9)15/h4,7,10-11,16H,5-6,8H2,1-3H3. The Labute approximate surface area is 122 Å². The van der Waals surface area contributed by atoms with Gasteiger partial charge in [-0.1, -0.05) is 15.9 Å². The van der Waals surface area contributed by atoms with Crippen molar-refractivity contribution >= 4 is 15.9 Å². The first-order valence-electron chi connectivity index (χ1n) is 6.34. The van der Waals surface area contributed by atoms with Gasteiger partial charge in [-0.25, -0.2) is 0 Å². The Morgan fingerprint density at radius 3 is 2.37 bits per heavy atom. The Kier molecular flexibility index (Phi) is 5.07. The van der Waals surface area contributed by atoms with Gasteiger partial charge in [0.05, 0.1) is 20.3 Å². The van der Waals surface area contributed by atoms with Crippen LogP contribution in [-0.2, 0) is 11.3 Å². The monoisotopic (exact) mass is 329 g/mol. The summed E-state index contributed by atoms with van der Waals surface area (Å²) in [7, 11) is 5.06. The maximum atomic E-state index is 5.32. The summed E-state index contributed by atoms with van der Waals surface area (Å²) < 4.78 is 16.9. The molecule has 1 aromatic carbocycles. The van der Waals surface area contributed by atoms with Crippen molar-refractivity contribution in [2.75, 3.05) is 21.3 Å². The smallest absolute Gasteiger partial charge is 0.161 e. The summed E-state index contributed by atoms with van der Waals surface area (Å²) in [5.41, 5.74) is 1.17. The minimum atomic E-state index is 0.423. The molecule has 1 saturated carbocycles. The molecule has 0 saturated heterocycles. The SMILES string of the molecule is COc1cc(Br)c(CNC2CC(OC)C2)cc1OC. The molecule has 0 bridgehead atoms. The van der Waals surface area contributed by atoms with E-state index in [4.69, 9.17) is 14.2 Å². The molecule has 1 aliphatic rings. The number of rotatable bonds is 6. The van der Waals surface area contributed by atoms with E-state index in [9.17, 15) is 0 Å². The molecule has 1 aliphatic carbocycles. The molecule has 106 valence electrons. The molecular formula is C14H20BrNO3. The third-order valence-electron chi connectivity index (χ3n) is 3.56. The first-order valence-corrected chi connectivity index (χ1v) is 7.13. The zero-order chi connectivity index (χ0) is 13.8. The lowest BCUT2D eigenvalue weighted by Gasteiger charge is -2.35. The predicted octanol–water partition coefficient (Wildman–Crippen LogP) is 2.73. The average molecular weight is 330 g/mol. The van der Waals surface area contributed by atoms with Crippen LogP contribution >= 0.6 is 15.9 Å². The van der Waals surface area contributed by atoms with Gasteiger partial charge in [-0.15, -0.1) is 0 Å². The van der Waals surface area contributed by atoms with Crippen LogP contribution in [0, 0.1) is 0 Å². The fraction of sp³-hybridized carbons (Fsp3) is 0.571. The molecule has 0 spiro atoms. The molecule has 0 unspecified atom stereocenters.